The van der Waals surface area contributed by atoms with E-state index in [1.54, 1.807) is 23.5 Å². The number of benzene rings is 1. The SMILES string of the molecule is CN(C)c1ccc(N(C)C)c(-c2ccc(/C=C/C=C(/C#N)C(N)=S)s2)c1. The Morgan fingerprint density at radius 1 is 1.15 bits per heavy atom. The molecule has 0 aliphatic heterocycles. The Labute approximate surface area is 164 Å². The largest absolute Gasteiger partial charge is 0.389 e. The Morgan fingerprint density at radius 3 is 2.46 bits per heavy atom. The molecule has 0 saturated carbocycles. The molecule has 0 atom stereocenters. The second-order valence-corrected chi connectivity index (χ2v) is 7.66. The van der Waals surface area contributed by atoms with Crippen molar-refractivity contribution in [1.29, 1.82) is 5.26 Å². The summed E-state index contributed by atoms with van der Waals surface area (Å²) in [5, 5.41) is 8.97. The number of nitriles is 1. The third-order valence-electron chi connectivity index (χ3n) is 3.78. The molecule has 1 heterocycles. The first-order chi connectivity index (χ1) is 12.3. The molecule has 0 saturated heterocycles. The van der Waals surface area contributed by atoms with Crippen LogP contribution < -0.4 is 15.5 Å². The highest BCUT2D eigenvalue weighted by Crippen LogP contribution is 2.37. The van der Waals surface area contributed by atoms with Crippen molar-refractivity contribution in [2.45, 2.75) is 0 Å². The number of rotatable bonds is 6. The van der Waals surface area contributed by atoms with Crippen LogP contribution in [0.2, 0.25) is 0 Å². The van der Waals surface area contributed by atoms with Crippen molar-refractivity contribution >= 4 is 46.0 Å². The van der Waals surface area contributed by atoms with Gasteiger partial charge in [-0.25, -0.2) is 0 Å². The molecule has 0 amide bonds. The van der Waals surface area contributed by atoms with Crippen LogP contribution in [0.1, 0.15) is 4.88 Å². The van der Waals surface area contributed by atoms with Crippen LogP contribution in [-0.4, -0.2) is 33.2 Å². The monoisotopic (exact) mass is 382 g/mol. The van der Waals surface area contributed by atoms with Crippen LogP contribution in [0, 0.1) is 11.3 Å². The second-order valence-electron chi connectivity index (χ2n) is 6.11. The van der Waals surface area contributed by atoms with Crippen molar-refractivity contribution in [3.8, 4) is 16.5 Å². The number of nitrogens with two attached hydrogens (primary N) is 1. The maximum atomic E-state index is 8.97. The van der Waals surface area contributed by atoms with Gasteiger partial charge in [-0.2, -0.15) is 5.26 Å². The van der Waals surface area contributed by atoms with Crippen LogP contribution in [0.5, 0.6) is 0 Å². The molecule has 1 aromatic carbocycles. The number of hydrogen-bond donors (Lipinski definition) is 1. The molecule has 2 aromatic rings. The zero-order valence-electron chi connectivity index (χ0n) is 15.4. The average Bonchev–Trinajstić information content (AvgIpc) is 3.06. The third kappa shape index (κ3) is 4.72. The highest BCUT2D eigenvalue weighted by molar-refractivity contribution is 7.80. The lowest BCUT2D eigenvalue weighted by Gasteiger charge is -2.20. The number of allylic oxidation sites excluding steroid dienone is 2. The maximum absolute atomic E-state index is 8.97. The summed E-state index contributed by atoms with van der Waals surface area (Å²) in [6, 6.07) is 12.6. The lowest BCUT2D eigenvalue weighted by Crippen LogP contribution is -2.12. The van der Waals surface area contributed by atoms with Crippen LogP contribution >= 0.6 is 23.6 Å². The molecule has 4 nitrogen and oxygen atoms in total. The van der Waals surface area contributed by atoms with E-state index in [1.165, 1.54) is 16.1 Å². The van der Waals surface area contributed by atoms with Crippen molar-refractivity contribution in [3.05, 3.63) is 52.9 Å². The summed E-state index contributed by atoms with van der Waals surface area (Å²) < 4.78 is 0. The molecule has 0 aliphatic rings. The number of thiocarbonyl (C=S) groups is 1. The first kappa shape index (κ1) is 19.7. The van der Waals surface area contributed by atoms with E-state index < -0.39 is 0 Å². The molecule has 2 N–H and O–H groups in total. The fourth-order valence-corrected chi connectivity index (χ4v) is 3.45. The first-order valence-corrected chi connectivity index (χ1v) is 9.23. The molecule has 26 heavy (non-hydrogen) atoms. The Morgan fingerprint density at radius 2 is 1.88 bits per heavy atom. The van der Waals surface area contributed by atoms with Gasteiger partial charge < -0.3 is 15.5 Å². The van der Waals surface area contributed by atoms with Crippen LogP contribution in [0.25, 0.3) is 16.5 Å². The minimum atomic E-state index is 0.111. The summed E-state index contributed by atoms with van der Waals surface area (Å²) >= 11 is 6.53. The molecule has 0 radical (unpaired) electrons. The normalized spacial score (nSPS) is 11.4. The van der Waals surface area contributed by atoms with Gasteiger partial charge in [0.1, 0.15) is 11.1 Å². The molecule has 0 spiro atoms. The molecule has 0 aliphatic carbocycles. The quantitative estimate of drug-likeness (QED) is 0.349. The van der Waals surface area contributed by atoms with Crippen LogP contribution in [0.4, 0.5) is 11.4 Å². The number of thiophene rings is 1. The van der Waals surface area contributed by atoms with Gasteiger partial charge in [0.05, 0.1) is 5.57 Å². The fraction of sp³-hybridized carbons (Fsp3) is 0.200. The van der Waals surface area contributed by atoms with Gasteiger partial charge in [0.25, 0.3) is 0 Å². The van der Waals surface area contributed by atoms with E-state index in [-0.39, 0.29) is 4.99 Å². The Bertz CT molecular complexity index is 899. The molecule has 1 aromatic heterocycles. The van der Waals surface area contributed by atoms with Gasteiger partial charge >= 0.3 is 0 Å². The number of nitrogens with zero attached hydrogens (tertiary/aromatic N) is 3. The average molecular weight is 383 g/mol. The van der Waals surface area contributed by atoms with Gasteiger partial charge in [0, 0.05) is 54.9 Å². The topological polar surface area (TPSA) is 56.3 Å². The van der Waals surface area contributed by atoms with Crippen molar-refractivity contribution in [3.63, 3.8) is 0 Å². The Hall–Kier alpha value is -2.62. The maximum Gasteiger partial charge on any atom is 0.114 e. The van der Waals surface area contributed by atoms with E-state index in [2.05, 4.69) is 40.1 Å². The lowest BCUT2D eigenvalue weighted by molar-refractivity contribution is 1.11. The number of hydrogen-bond acceptors (Lipinski definition) is 5. The molecular formula is C20H22N4S2. The van der Waals surface area contributed by atoms with Gasteiger partial charge in [0.15, 0.2) is 0 Å². The van der Waals surface area contributed by atoms with Crippen molar-refractivity contribution in [1.82, 2.24) is 0 Å². The van der Waals surface area contributed by atoms with Crippen molar-refractivity contribution in [2.24, 2.45) is 5.73 Å². The summed E-state index contributed by atoms with van der Waals surface area (Å²) in [5.41, 5.74) is 9.33. The third-order valence-corrected chi connectivity index (χ3v) is 5.08. The van der Waals surface area contributed by atoms with Gasteiger partial charge in [-0.1, -0.05) is 18.3 Å². The molecular weight excluding hydrogens is 360 g/mol. The predicted octanol–water partition coefficient (Wildman–Crippen LogP) is 4.30. The molecule has 0 bridgehead atoms. The first-order valence-electron chi connectivity index (χ1n) is 8.00. The molecule has 0 unspecified atom stereocenters. The molecule has 0 fully saturated rings. The van der Waals surface area contributed by atoms with E-state index in [1.807, 2.05) is 40.3 Å². The zero-order valence-corrected chi connectivity index (χ0v) is 17.0. The molecule has 134 valence electrons. The second kappa shape index (κ2) is 8.65. The lowest BCUT2D eigenvalue weighted by atomic mass is 10.1. The molecule has 2 rings (SSSR count). The smallest absolute Gasteiger partial charge is 0.114 e. The fourth-order valence-electron chi connectivity index (χ4n) is 2.39. The standard InChI is InChI=1S/C20H22N4S2/c1-23(2)15-8-10-18(24(3)4)17(12-15)19-11-9-16(26-19)7-5-6-14(13-21)20(22)25/h5-12H,1-4H3,(H2,22,25)/b7-5+,14-6-. The van der Waals surface area contributed by atoms with Gasteiger partial charge in [-0.3, -0.25) is 0 Å². The molecule has 6 heteroatoms. The predicted molar refractivity (Wildman–Crippen MR) is 118 cm³/mol. The minimum Gasteiger partial charge on any atom is -0.389 e. The summed E-state index contributed by atoms with van der Waals surface area (Å²) in [6.07, 6.45) is 5.39. The summed E-state index contributed by atoms with van der Waals surface area (Å²) in [4.78, 5) is 6.61. The minimum absolute atomic E-state index is 0.111. The zero-order chi connectivity index (χ0) is 19.3. The summed E-state index contributed by atoms with van der Waals surface area (Å²) in [6.45, 7) is 0. The van der Waals surface area contributed by atoms with E-state index in [4.69, 9.17) is 23.2 Å². The Balaban J connectivity index is 2.36. The van der Waals surface area contributed by atoms with Crippen molar-refractivity contribution < 1.29 is 0 Å². The van der Waals surface area contributed by atoms with Crippen molar-refractivity contribution in [2.75, 3.05) is 38.0 Å². The highest BCUT2D eigenvalue weighted by Gasteiger charge is 2.11. The van der Waals surface area contributed by atoms with Gasteiger partial charge in [0.2, 0.25) is 0 Å². The van der Waals surface area contributed by atoms with Crippen LogP contribution in [-0.2, 0) is 0 Å². The highest BCUT2D eigenvalue weighted by atomic mass is 32.1. The van der Waals surface area contributed by atoms with Gasteiger partial charge in [-0.05, 0) is 42.5 Å². The van der Waals surface area contributed by atoms with Gasteiger partial charge in [-0.15, -0.1) is 11.3 Å². The van der Waals surface area contributed by atoms with Crippen LogP contribution in [0.3, 0.4) is 0 Å². The summed E-state index contributed by atoms with van der Waals surface area (Å²) in [5.74, 6) is 0. The van der Waals surface area contributed by atoms with E-state index in [0.717, 1.165) is 10.6 Å². The summed E-state index contributed by atoms with van der Waals surface area (Å²) in [7, 11) is 8.18. The van der Waals surface area contributed by atoms with E-state index >= 15 is 0 Å². The van der Waals surface area contributed by atoms with E-state index in [9.17, 15) is 0 Å². The number of anilines is 2. The van der Waals surface area contributed by atoms with Crippen LogP contribution in [0.15, 0.2) is 48.1 Å². The Kier molecular flexibility index (Phi) is 6.56. The van der Waals surface area contributed by atoms with E-state index in [0.29, 0.717) is 5.57 Å².